The number of hydrogen-bond acceptors (Lipinski definition) is 9. The molecule has 12 nitrogen and oxygen atoms in total. The van der Waals surface area contributed by atoms with E-state index in [2.05, 4.69) is 11.4 Å². The van der Waals surface area contributed by atoms with Gasteiger partial charge in [0, 0.05) is 36.6 Å². The van der Waals surface area contributed by atoms with Gasteiger partial charge in [-0.1, -0.05) is 30.7 Å². The van der Waals surface area contributed by atoms with Gasteiger partial charge in [-0.2, -0.15) is 4.98 Å². The maximum absolute atomic E-state index is 14.8. The number of fused-ring (bicyclic) bond motifs is 3. The van der Waals surface area contributed by atoms with Gasteiger partial charge in [0.15, 0.2) is 5.82 Å². The number of rotatable bonds is 9. The highest BCUT2D eigenvalue weighted by molar-refractivity contribution is 5.95. The van der Waals surface area contributed by atoms with Crippen molar-refractivity contribution in [2.24, 2.45) is 5.92 Å². The predicted molar refractivity (Wildman–Crippen MR) is 208 cm³/mol. The van der Waals surface area contributed by atoms with Crippen molar-refractivity contribution in [3.63, 3.8) is 0 Å². The molecule has 3 aliphatic rings. The van der Waals surface area contributed by atoms with Crippen LogP contribution in [0.5, 0.6) is 17.4 Å². The van der Waals surface area contributed by atoms with Gasteiger partial charge >= 0.3 is 12.0 Å². The lowest BCUT2D eigenvalue weighted by Crippen LogP contribution is -2.55. The number of ether oxygens (including phenoxy) is 4. The number of allylic oxidation sites excluding steroid dienone is 1. The van der Waals surface area contributed by atoms with Gasteiger partial charge in [-0.05, 0) is 93.6 Å². The highest BCUT2D eigenvalue weighted by atomic mass is 19.1. The van der Waals surface area contributed by atoms with Gasteiger partial charge in [0.25, 0.3) is 0 Å². The molecule has 13 heteroatoms. The van der Waals surface area contributed by atoms with E-state index in [1.54, 1.807) is 43.1 Å². The molecule has 3 aromatic carbocycles. The number of halogens is 1. The highest BCUT2D eigenvalue weighted by Crippen LogP contribution is 2.46. The highest BCUT2D eigenvalue weighted by Gasteiger charge is 2.62. The van der Waals surface area contributed by atoms with Gasteiger partial charge in [0.1, 0.15) is 35.0 Å². The van der Waals surface area contributed by atoms with Crippen molar-refractivity contribution in [3.05, 3.63) is 89.8 Å². The number of hydrogen-bond donors (Lipinski definition) is 1. The monoisotopic (exact) mass is 765 g/mol. The first-order valence-electron chi connectivity index (χ1n) is 19.3. The normalized spacial score (nSPS) is 23.3. The molecule has 3 heterocycles. The molecule has 1 saturated carbocycles. The smallest absolute Gasteiger partial charge is 0.332 e. The zero-order valence-corrected chi connectivity index (χ0v) is 32.3. The Bertz CT molecular complexity index is 2110. The SMILES string of the molecule is CCOC(=O)[C@@]12C[C@@H]1/C=C\CCCCCN(Cc1ccc(OC)cc1)C(=O)N1C[C@H](Oc3nc(-c4ccc(F)cc4)nc4c(C)c(OC)ccc34)C[C@H]1C(=O)N2. The first-order valence-corrected chi connectivity index (χ1v) is 19.3. The molecule has 0 radical (unpaired) electrons. The summed E-state index contributed by atoms with van der Waals surface area (Å²) in [5, 5.41) is 3.66. The number of aryl methyl sites for hydroxylation is 1. The van der Waals surface area contributed by atoms with Crippen molar-refractivity contribution in [1.29, 1.82) is 0 Å². The van der Waals surface area contributed by atoms with E-state index in [0.29, 0.717) is 53.3 Å². The molecule has 0 unspecified atom stereocenters. The molecule has 1 aromatic heterocycles. The van der Waals surface area contributed by atoms with Crippen LogP contribution in [-0.2, 0) is 20.9 Å². The molecule has 3 amide bonds. The van der Waals surface area contributed by atoms with Crippen LogP contribution in [0.4, 0.5) is 9.18 Å². The number of amides is 3. The van der Waals surface area contributed by atoms with Crippen molar-refractivity contribution in [3.8, 4) is 28.8 Å². The van der Waals surface area contributed by atoms with Crippen molar-refractivity contribution in [2.75, 3.05) is 33.9 Å². The predicted octanol–water partition coefficient (Wildman–Crippen LogP) is 6.77. The van der Waals surface area contributed by atoms with Gasteiger partial charge in [0.05, 0.1) is 38.3 Å². The summed E-state index contributed by atoms with van der Waals surface area (Å²) in [6.07, 6.45) is 7.41. The minimum atomic E-state index is -1.20. The summed E-state index contributed by atoms with van der Waals surface area (Å²) in [6.45, 7) is 4.70. The van der Waals surface area contributed by atoms with Crippen molar-refractivity contribution in [2.45, 2.75) is 76.6 Å². The third-order valence-corrected chi connectivity index (χ3v) is 10.9. The number of aromatic nitrogens is 2. The number of carbonyl (C=O) groups is 3. The zero-order valence-electron chi connectivity index (χ0n) is 32.3. The molecule has 7 rings (SSSR count). The molecule has 4 atom stereocenters. The van der Waals surface area contributed by atoms with E-state index in [0.717, 1.165) is 36.8 Å². The fraction of sp³-hybridized carbons (Fsp3) is 0.419. The minimum absolute atomic E-state index is 0.0816. The van der Waals surface area contributed by atoms with Crippen LogP contribution in [0.2, 0.25) is 0 Å². The van der Waals surface area contributed by atoms with Crippen LogP contribution in [0.15, 0.2) is 72.8 Å². The summed E-state index contributed by atoms with van der Waals surface area (Å²) >= 11 is 0. The molecule has 2 aliphatic heterocycles. The molecule has 294 valence electrons. The van der Waals surface area contributed by atoms with Crippen LogP contribution in [0, 0.1) is 18.7 Å². The molecule has 1 N–H and O–H groups in total. The molecular weight excluding hydrogens is 717 g/mol. The Morgan fingerprint density at radius 1 is 0.982 bits per heavy atom. The molecule has 1 saturated heterocycles. The zero-order chi connectivity index (χ0) is 39.4. The molecule has 0 bridgehead atoms. The van der Waals surface area contributed by atoms with E-state index in [-0.39, 0.29) is 43.2 Å². The first-order chi connectivity index (χ1) is 27.1. The van der Waals surface area contributed by atoms with Crippen LogP contribution in [0.1, 0.15) is 56.6 Å². The Balaban J connectivity index is 1.25. The molecule has 4 aromatic rings. The maximum atomic E-state index is 14.8. The lowest BCUT2D eigenvalue weighted by Gasteiger charge is -2.32. The number of nitrogens with zero attached hydrogens (tertiary/aromatic N) is 4. The largest absolute Gasteiger partial charge is 0.497 e. The molecule has 56 heavy (non-hydrogen) atoms. The quantitative estimate of drug-likeness (QED) is 0.145. The van der Waals surface area contributed by atoms with Crippen LogP contribution in [0.25, 0.3) is 22.3 Å². The van der Waals surface area contributed by atoms with Crippen LogP contribution in [0.3, 0.4) is 0 Å². The number of methoxy groups -OCH3 is 2. The summed E-state index contributed by atoms with van der Waals surface area (Å²) < 4.78 is 37.0. The third-order valence-electron chi connectivity index (χ3n) is 10.9. The van der Waals surface area contributed by atoms with Gasteiger partial charge in [-0.25, -0.2) is 19.0 Å². The van der Waals surface area contributed by atoms with E-state index in [4.69, 9.17) is 28.9 Å². The van der Waals surface area contributed by atoms with E-state index in [1.807, 2.05) is 49.4 Å². The average Bonchev–Trinajstić information content (AvgIpc) is 3.74. The fourth-order valence-corrected chi connectivity index (χ4v) is 7.72. The standard InChI is InChI=1S/C43H48FN5O7/c1-5-55-41(51)43-24-30(43)11-9-7-6-8-10-22-48(25-28-12-18-32(53-3)19-13-28)42(52)49-26-33(23-35(49)39(50)47-43)56-40-34-20-21-36(54-4)27(2)37(34)45-38(46-40)29-14-16-31(44)17-15-29/h9,11-21,30,33,35H,5-8,10,22-26H2,1-4H3,(H,47,50)/b11-9-/t30-,33+,35-,43+/m0/s1. The Morgan fingerprint density at radius 3 is 2.50 bits per heavy atom. The minimum Gasteiger partial charge on any atom is -0.497 e. The van der Waals surface area contributed by atoms with Crippen LogP contribution >= 0.6 is 0 Å². The summed E-state index contributed by atoms with van der Waals surface area (Å²) in [4.78, 5) is 55.6. The van der Waals surface area contributed by atoms with Gasteiger partial charge in [0.2, 0.25) is 11.8 Å². The molecule has 1 aliphatic carbocycles. The topological polar surface area (TPSA) is 132 Å². The van der Waals surface area contributed by atoms with E-state index < -0.39 is 29.6 Å². The lowest BCUT2D eigenvalue weighted by atomic mass is 10.1. The third kappa shape index (κ3) is 7.98. The van der Waals surface area contributed by atoms with Crippen molar-refractivity contribution >= 4 is 28.8 Å². The summed E-state index contributed by atoms with van der Waals surface area (Å²) in [6, 6.07) is 15.8. The van der Waals surface area contributed by atoms with Crippen LogP contribution < -0.4 is 19.5 Å². The Labute approximate surface area is 326 Å². The lowest BCUT2D eigenvalue weighted by molar-refractivity contribution is -0.149. The molecule has 0 spiro atoms. The molecule has 2 fully saturated rings. The first kappa shape index (κ1) is 38.6. The second-order valence-corrected chi connectivity index (χ2v) is 14.6. The van der Waals surface area contributed by atoms with Crippen molar-refractivity contribution in [1.82, 2.24) is 25.1 Å². The summed E-state index contributed by atoms with van der Waals surface area (Å²) in [7, 11) is 3.19. The number of nitrogens with one attached hydrogen (secondary N) is 1. The van der Waals surface area contributed by atoms with Gasteiger partial charge in [-0.15, -0.1) is 0 Å². The van der Waals surface area contributed by atoms with E-state index >= 15 is 0 Å². The summed E-state index contributed by atoms with van der Waals surface area (Å²) in [5.74, 6) is 0.381. The second kappa shape index (κ2) is 16.6. The number of benzene rings is 3. The van der Waals surface area contributed by atoms with Crippen LogP contribution in [-0.4, -0.2) is 89.3 Å². The fourth-order valence-electron chi connectivity index (χ4n) is 7.72. The Kier molecular flexibility index (Phi) is 11.4. The van der Waals surface area contributed by atoms with E-state index in [1.165, 1.54) is 12.1 Å². The Hall–Kier alpha value is -5.72. The summed E-state index contributed by atoms with van der Waals surface area (Å²) in [5.41, 5.74) is 1.65. The maximum Gasteiger partial charge on any atom is 0.332 e. The molecular formula is C43H48FN5O7. The van der Waals surface area contributed by atoms with E-state index in [9.17, 15) is 18.8 Å². The number of esters is 1. The van der Waals surface area contributed by atoms with Gasteiger partial charge < -0.3 is 34.1 Å². The average molecular weight is 766 g/mol. The second-order valence-electron chi connectivity index (χ2n) is 14.6. The number of urea groups is 1. The number of carbonyl (C=O) groups excluding carboxylic acids is 3. The van der Waals surface area contributed by atoms with Crippen molar-refractivity contribution < 1.29 is 37.7 Å². The Morgan fingerprint density at radius 2 is 1.77 bits per heavy atom. The van der Waals surface area contributed by atoms with Gasteiger partial charge in [-0.3, -0.25) is 4.79 Å².